The molecule has 0 heterocycles. The van der Waals surface area contributed by atoms with Gasteiger partial charge < -0.3 is 9.47 Å². The number of ether oxygens (including phenoxy) is 2. The number of nitrogens with zero attached hydrogens (tertiary/aromatic N) is 2. The number of hydrogen-bond donors (Lipinski definition) is 0. The lowest BCUT2D eigenvalue weighted by molar-refractivity contribution is -0.0656. The standard InChI is InChI=1S/C17H9F6NO.C17H9F4NO2.C12H17F3S/c18-9-3-8(7-24)4-10(5-9)25-13-2-1-12-11(15(13)16(20)21)6-14(19)17(12,22)23;1-22-9-4-8(18)5-10(6-9)24-14-3-2-11-12(15(14)17(20)21)7-13(19)16(11)23;1-8-6-10(12(3,4)5)7-9(2)11(8)16(13,14)15/h1-5,14,16H,6H2;2-6,13,17H,7H2;6-7H,1-5H3. The Bertz CT molecular complexity index is 2700. The molecule has 2 aliphatic rings. The number of Topliss-reactive ketones (excluding diaryl/α,β-unsaturated/α-hetero) is 1. The van der Waals surface area contributed by atoms with Crippen molar-refractivity contribution in [2.75, 3.05) is 0 Å². The molecular formula is C46H35F13N2O3S. The zero-order chi connectivity index (χ0) is 48.5. The lowest BCUT2D eigenvalue weighted by atomic mass is 9.85. The molecule has 0 aromatic heterocycles. The van der Waals surface area contributed by atoms with Gasteiger partial charge in [0.15, 0.2) is 23.8 Å². The summed E-state index contributed by atoms with van der Waals surface area (Å²) >= 11 is -5.13. The first-order valence-electron chi connectivity index (χ1n) is 19.0. The second-order valence-electron chi connectivity index (χ2n) is 15.8. The van der Waals surface area contributed by atoms with Crippen LogP contribution in [-0.2, 0) is 24.2 Å². The van der Waals surface area contributed by atoms with E-state index >= 15 is 0 Å². The first-order valence-corrected chi connectivity index (χ1v) is 20.4. The van der Waals surface area contributed by atoms with Crippen LogP contribution in [0.5, 0.6) is 23.0 Å². The summed E-state index contributed by atoms with van der Waals surface area (Å²) in [6.07, 6.45) is -12.0. The van der Waals surface area contributed by atoms with Crippen molar-refractivity contribution in [2.24, 2.45) is 0 Å². The topological polar surface area (TPSA) is 63.7 Å². The molecule has 0 N–H and O–H groups in total. The highest BCUT2D eigenvalue weighted by atomic mass is 32.3. The van der Waals surface area contributed by atoms with Gasteiger partial charge in [-0.2, -0.15) is 14.0 Å². The largest absolute Gasteiger partial charge is 0.458 e. The molecule has 2 unspecified atom stereocenters. The fraction of sp³-hybridized carbons (Fsp3) is 0.283. The van der Waals surface area contributed by atoms with Crippen molar-refractivity contribution in [1.82, 2.24) is 0 Å². The highest BCUT2D eigenvalue weighted by Gasteiger charge is 2.51. The average molecular weight is 943 g/mol. The summed E-state index contributed by atoms with van der Waals surface area (Å²) in [6, 6.07) is 15.0. The van der Waals surface area contributed by atoms with Gasteiger partial charge >= 0.3 is 5.92 Å². The van der Waals surface area contributed by atoms with Crippen LogP contribution in [0.3, 0.4) is 0 Å². The highest BCUT2D eigenvalue weighted by molar-refractivity contribution is 8.21. The zero-order valence-electron chi connectivity index (χ0n) is 34.6. The van der Waals surface area contributed by atoms with E-state index in [1.165, 1.54) is 26.0 Å². The number of alkyl halides is 8. The van der Waals surface area contributed by atoms with Gasteiger partial charge in [-0.3, -0.25) is 4.79 Å². The minimum absolute atomic E-state index is 0.0521. The third-order valence-electron chi connectivity index (χ3n) is 10.1. The summed E-state index contributed by atoms with van der Waals surface area (Å²) in [6.45, 7) is 16.0. The molecule has 0 amide bonds. The van der Waals surface area contributed by atoms with Gasteiger partial charge in [0.2, 0.25) is 11.2 Å². The van der Waals surface area contributed by atoms with Crippen molar-refractivity contribution in [3.63, 3.8) is 0 Å². The maximum absolute atomic E-state index is 13.7. The molecule has 2 aliphatic carbocycles. The summed E-state index contributed by atoms with van der Waals surface area (Å²) in [7, 11) is 0. The van der Waals surface area contributed by atoms with Gasteiger partial charge in [-0.05, 0) is 95.6 Å². The second-order valence-corrected chi connectivity index (χ2v) is 17.0. The Morgan fingerprint density at radius 3 is 1.82 bits per heavy atom. The van der Waals surface area contributed by atoms with E-state index in [-0.39, 0.29) is 45.0 Å². The number of nitriles is 1. The summed E-state index contributed by atoms with van der Waals surface area (Å²) in [5, 5.41) is 8.79. The Labute approximate surface area is 366 Å². The molecule has 0 saturated heterocycles. The molecule has 0 saturated carbocycles. The molecule has 0 spiro atoms. The third kappa shape index (κ3) is 11.0. The molecule has 7 rings (SSSR count). The van der Waals surface area contributed by atoms with E-state index in [1.54, 1.807) is 18.2 Å². The van der Waals surface area contributed by atoms with Crippen LogP contribution >= 0.6 is 11.2 Å². The summed E-state index contributed by atoms with van der Waals surface area (Å²) in [5.41, 5.74) is -1.59. The summed E-state index contributed by atoms with van der Waals surface area (Å²) in [5.74, 6) is -7.45. The Morgan fingerprint density at radius 1 is 0.785 bits per heavy atom. The molecule has 0 fully saturated rings. The Kier molecular flexibility index (Phi) is 14.6. The first-order chi connectivity index (χ1) is 30.2. The van der Waals surface area contributed by atoms with E-state index in [0.717, 1.165) is 54.1 Å². The molecular weight excluding hydrogens is 908 g/mol. The van der Waals surface area contributed by atoms with Crippen molar-refractivity contribution in [2.45, 2.75) is 88.9 Å². The number of hydrogen-bond acceptors (Lipinski definition) is 4. The predicted molar refractivity (Wildman–Crippen MR) is 216 cm³/mol. The van der Waals surface area contributed by atoms with E-state index in [0.29, 0.717) is 11.1 Å². The van der Waals surface area contributed by atoms with E-state index in [2.05, 4.69) is 4.85 Å². The van der Waals surface area contributed by atoms with Crippen LogP contribution in [0.1, 0.15) is 94.1 Å². The normalized spacial score (nSPS) is 16.4. The molecule has 2 atom stereocenters. The lowest BCUT2D eigenvalue weighted by Gasteiger charge is -2.23. The molecule has 5 nitrogen and oxygen atoms in total. The fourth-order valence-electron chi connectivity index (χ4n) is 7.20. The quantitative estimate of drug-likeness (QED) is 0.120. The molecule has 0 bridgehead atoms. The van der Waals surface area contributed by atoms with Crippen LogP contribution in [0, 0.1) is 43.4 Å². The average Bonchev–Trinajstić information content (AvgIpc) is 3.60. The van der Waals surface area contributed by atoms with Gasteiger partial charge in [-0.25, -0.2) is 40.0 Å². The maximum atomic E-state index is 13.7. The second kappa shape index (κ2) is 19.1. The minimum atomic E-state index is -5.13. The zero-order valence-corrected chi connectivity index (χ0v) is 35.4. The minimum Gasteiger partial charge on any atom is -0.458 e. The van der Waals surface area contributed by atoms with Gasteiger partial charge in [0, 0.05) is 36.1 Å². The van der Waals surface area contributed by atoms with Crippen LogP contribution in [0.2, 0.25) is 0 Å². The van der Waals surface area contributed by atoms with Gasteiger partial charge in [-0.15, -0.1) is 11.7 Å². The molecule has 344 valence electrons. The van der Waals surface area contributed by atoms with Crippen molar-refractivity contribution >= 4 is 22.7 Å². The predicted octanol–water partition coefficient (Wildman–Crippen LogP) is 16.0. The fourth-order valence-corrected chi connectivity index (χ4v) is 8.05. The number of halogens is 13. The molecule has 65 heavy (non-hydrogen) atoms. The number of rotatable bonds is 7. The van der Waals surface area contributed by atoms with E-state index in [1.807, 2.05) is 20.8 Å². The SMILES string of the molecule is Cc1cc(C(C)(C)C)cc(C)c1S(F)(F)F.N#Cc1cc(F)cc(Oc2ccc3c(c2C(F)F)CC(F)C3(F)F)c1.[C-]#[N+]c1cc(F)cc(Oc2ccc3c(c2C(F)F)CC(F)C3=O)c1. The molecule has 5 aromatic carbocycles. The molecule has 19 heteroatoms. The van der Waals surface area contributed by atoms with E-state index < -0.39 is 105 Å². The van der Waals surface area contributed by atoms with Crippen LogP contribution < -0.4 is 9.47 Å². The smallest absolute Gasteiger partial charge is 0.304 e. The van der Waals surface area contributed by atoms with Crippen molar-refractivity contribution in [3.05, 3.63) is 151 Å². The van der Waals surface area contributed by atoms with Crippen molar-refractivity contribution < 1.29 is 69.8 Å². The number of aryl methyl sites for hydroxylation is 2. The number of carbonyl (C=O) groups excluding carboxylic acids is 1. The molecule has 5 aromatic rings. The molecule has 0 aliphatic heterocycles. The number of ketones is 1. The third-order valence-corrected chi connectivity index (χ3v) is 11.2. The van der Waals surface area contributed by atoms with Gasteiger partial charge in [0.25, 0.3) is 12.9 Å². The van der Waals surface area contributed by atoms with Crippen LogP contribution in [0.25, 0.3) is 4.85 Å². The van der Waals surface area contributed by atoms with Crippen LogP contribution in [-0.4, -0.2) is 18.1 Å². The first kappa shape index (κ1) is 49.8. The Hall–Kier alpha value is -6.21. The number of benzene rings is 5. The van der Waals surface area contributed by atoms with Crippen LogP contribution in [0.15, 0.2) is 77.7 Å². The van der Waals surface area contributed by atoms with E-state index in [9.17, 15) is 60.4 Å². The van der Waals surface area contributed by atoms with E-state index in [4.69, 9.17) is 21.3 Å². The van der Waals surface area contributed by atoms with Gasteiger partial charge in [0.1, 0.15) is 34.6 Å². The summed E-state index contributed by atoms with van der Waals surface area (Å²) in [4.78, 5) is 14.3. The van der Waals surface area contributed by atoms with Crippen LogP contribution in [0.4, 0.5) is 61.2 Å². The number of fused-ring (bicyclic) bond motifs is 2. The maximum Gasteiger partial charge on any atom is 0.304 e. The van der Waals surface area contributed by atoms with Gasteiger partial charge in [0.05, 0.1) is 34.2 Å². The summed E-state index contributed by atoms with van der Waals surface area (Å²) < 4.78 is 184. The molecule has 0 radical (unpaired) electrons. The Morgan fingerprint density at radius 2 is 1.31 bits per heavy atom. The highest BCUT2D eigenvalue weighted by Crippen LogP contribution is 2.63. The Balaban J connectivity index is 0.000000188. The monoisotopic (exact) mass is 942 g/mol. The lowest BCUT2D eigenvalue weighted by Crippen LogP contribution is -2.21. The van der Waals surface area contributed by atoms with Crippen molar-refractivity contribution in [1.29, 1.82) is 5.26 Å². The number of carbonyl (C=O) groups is 1. The van der Waals surface area contributed by atoms with Crippen molar-refractivity contribution in [3.8, 4) is 29.1 Å². The van der Waals surface area contributed by atoms with Gasteiger partial charge in [-0.1, -0.05) is 32.9 Å².